The molecular formula is C82H84N4+4. The van der Waals surface area contributed by atoms with Crippen LogP contribution >= 0.6 is 0 Å². The van der Waals surface area contributed by atoms with E-state index in [1.54, 1.807) is 30.7 Å². The van der Waals surface area contributed by atoms with E-state index >= 15 is 0 Å². The van der Waals surface area contributed by atoms with Crippen LogP contribution in [-0.4, -0.2) is 0 Å². The second kappa shape index (κ2) is 27.8. The van der Waals surface area contributed by atoms with Gasteiger partial charge in [0.1, 0.15) is 28.2 Å². The van der Waals surface area contributed by atoms with Gasteiger partial charge in [0.05, 0.1) is 0 Å². The van der Waals surface area contributed by atoms with Gasteiger partial charge in [-0.05, 0) is 195 Å². The van der Waals surface area contributed by atoms with Crippen molar-refractivity contribution in [3.05, 3.63) is 311 Å². The molecule has 0 aliphatic carbocycles. The van der Waals surface area contributed by atoms with Crippen molar-refractivity contribution in [3.8, 4) is 89.5 Å². The molecule has 0 unspecified atom stereocenters. The van der Waals surface area contributed by atoms with Crippen molar-refractivity contribution < 1.29 is 30.6 Å². The summed E-state index contributed by atoms with van der Waals surface area (Å²) in [5, 5.41) is 0. The molecule has 0 radical (unpaired) electrons. The lowest BCUT2D eigenvalue weighted by Crippen LogP contribution is -2.31. The molecule has 86 heavy (non-hydrogen) atoms. The summed E-state index contributed by atoms with van der Waals surface area (Å²) >= 11 is 0. The number of nitrogens with zero attached hydrogens (tertiary/aromatic N) is 4. The quantitative estimate of drug-likeness (QED) is 0.135. The molecule has 0 fully saturated rings. The van der Waals surface area contributed by atoms with Gasteiger partial charge in [0.2, 0.25) is 22.8 Å². The monoisotopic (exact) mass is 1130 g/mol. The van der Waals surface area contributed by atoms with Gasteiger partial charge in [-0.1, -0.05) is 158 Å². The first-order valence-electron chi connectivity index (χ1n) is 33.7. The van der Waals surface area contributed by atoms with Crippen LogP contribution in [0.2, 0.25) is 0 Å². The molecule has 0 spiro atoms. The van der Waals surface area contributed by atoms with Crippen LogP contribution in [-0.2, 0) is 28.2 Å². The highest BCUT2D eigenvalue weighted by atomic mass is 14.9. The van der Waals surface area contributed by atoms with E-state index in [1.807, 2.05) is 115 Å². The summed E-state index contributed by atoms with van der Waals surface area (Å²) in [5.74, 6) is 0. The number of benzene rings is 8. The van der Waals surface area contributed by atoms with Gasteiger partial charge in [-0.25, -0.2) is 18.3 Å². The molecule has 0 aliphatic heterocycles. The molecule has 8 aromatic carbocycles. The van der Waals surface area contributed by atoms with Crippen molar-refractivity contribution in [1.29, 1.82) is 0 Å². The first kappa shape index (κ1) is 49.8. The zero-order chi connectivity index (χ0) is 68.5. The number of aromatic nitrogens is 4. The van der Waals surface area contributed by atoms with Crippen molar-refractivity contribution in [3.63, 3.8) is 0 Å². The van der Waals surface area contributed by atoms with Gasteiger partial charge in [-0.2, -0.15) is 0 Å². The predicted molar refractivity (Wildman–Crippen MR) is 361 cm³/mol. The lowest BCUT2D eigenvalue weighted by Gasteiger charge is -2.12. The second-order valence-corrected chi connectivity index (χ2v) is 22.4. The largest absolute Gasteiger partial charge is 0.212 e. The molecule has 4 aromatic heterocycles. The average Bonchev–Trinajstić information content (AvgIpc) is 0.840. The van der Waals surface area contributed by atoms with Gasteiger partial charge in [-0.15, -0.1) is 0 Å². The van der Waals surface area contributed by atoms with Gasteiger partial charge >= 0.3 is 0 Å². The van der Waals surface area contributed by atoms with Crippen LogP contribution in [0.25, 0.3) is 89.5 Å². The average molecular weight is 1130 g/mol. The van der Waals surface area contributed by atoms with E-state index in [0.717, 1.165) is 50.5 Å². The van der Waals surface area contributed by atoms with Gasteiger partial charge in [0.15, 0.2) is 24.8 Å². The highest BCUT2D eigenvalue weighted by Gasteiger charge is 2.19. The predicted octanol–water partition coefficient (Wildman–Crippen LogP) is 18.5. The molecule has 0 bridgehead atoms. The third-order valence-electron chi connectivity index (χ3n) is 15.9. The van der Waals surface area contributed by atoms with Crippen LogP contribution in [0.15, 0.2) is 255 Å². The van der Waals surface area contributed by atoms with E-state index in [-0.39, 0.29) is 0 Å². The maximum absolute atomic E-state index is 7.67. The Kier molecular flexibility index (Phi) is 16.1. The van der Waals surface area contributed by atoms with E-state index in [0.29, 0.717) is 16.7 Å². The Hall–Kier alpha value is -9.64. The van der Waals surface area contributed by atoms with Gasteiger partial charge in [0, 0.05) is 81.6 Å². The Balaban J connectivity index is 0.000000149. The van der Waals surface area contributed by atoms with Crippen molar-refractivity contribution in [2.45, 2.75) is 69.0 Å². The Bertz CT molecular complexity index is 4660. The number of hydrogen-bond donors (Lipinski definition) is 0. The SMILES string of the molecule is Cc1cc(-c2cccc[n+]2C)c(C)cc1-c1ccccc1.[2H]C([2H])([2H])c1c[n+](C)c(-c2ccc(-c3ccccc3)cc2C)cc1C.[2H]C([2H])([2H])c1ccc(-c2cc(C)c(-c3ccccc3)cc2C)[n+](C)c1.[2H]C([2H])([2H])c1ccc(-c2ccc(-c3ccccc3)cc2C)[n+](C)c1. The summed E-state index contributed by atoms with van der Waals surface area (Å²) < 4.78 is 76.1. The molecular weight excluding hydrogens is 1040 g/mol. The number of hydrogen-bond acceptors (Lipinski definition) is 0. The van der Waals surface area contributed by atoms with E-state index in [2.05, 4.69) is 205 Å². The van der Waals surface area contributed by atoms with Crippen LogP contribution in [0.4, 0.5) is 0 Å². The normalized spacial score (nSPS) is 12.7. The maximum Gasteiger partial charge on any atom is 0.212 e. The van der Waals surface area contributed by atoms with Crippen molar-refractivity contribution >= 4 is 0 Å². The van der Waals surface area contributed by atoms with Crippen molar-refractivity contribution in [1.82, 2.24) is 0 Å². The van der Waals surface area contributed by atoms with Crippen LogP contribution < -0.4 is 18.3 Å². The van der Waals surface area contributed by atoms with Crippen LogP contribution in [0.1, 0.15) is 68.0 Å². The van der Waals surface area contributed by atoms with Crippen LogP contribution in [0.3, 0.4) is 0 Å². The summed E-state index contributed by atoms with van der Waals surface area (Å²) in [6, 6.07) is 78.7. The molecule has 428 valence electrons. The Morgan fingerprint density at radius 2 is 0.593 bits per heavy atom. The number of rotatable bonds is 8. The van der Waals surface area contributed by atoms with Crippen molar-refractivity contribution in [2.75, 3.05) is 0 Å². The first-order chi connectivity index (χ1) is 45.1. The minimum atomic E-state index is -2.09. The molecule has 4 heterocycles. The summed E-state index contributed by atoms with van der Waals surface area (Å²) in [7, 11) is 7.77. The lowest BCUT2D eigenvalue weighted by molar-refractivity contribution is -0.660. The van der Waals surface area contributed by atoms with Crippen LogP contribution in [0.5, 0.6) is 0 Å². The smallest absolute Gasteiger partial charge is 0.201 e. The van der Waals surface area contributed by atoms with Gasteiger partial charge in [0.25, 0.3) is 0 Å². The molecule has 0 atom stereocenters. The fourth-order valence-electron chi connectivity index (χ4n) is 11.2. The van der Waals surface area contributed by atoms with Gasteiger partial charge < -0.3 is 0 Å². The summed E-state index contributed by atoms with van der Waals surface area (Å²) in [5.41, 5.74) is 27.9. The molecule has 0 aliphatic rings. The van der Waals surface area contributed by atoms with E-state index in [4.69, 9.17) is 12.3 Å². The highest BCUT2D eigenvalue weighted by molar-refractivity contribution is 5.77. The maximum atomic E-state index is 7.67. The molecule has 4 nitrogen and oxygen atoms in total. The summed E-state index contributed by atoms with van der Waals surface area (Å²) in [4.78, 5) is 0. The third kappa shape index (κ3) is 14.6. The Morgan fingerprint density at radius 1 is 0.233 bits per heavy atom. The van der Waals surface area contributed by atoms with Crippen LogP contribution in [0, 0.1) is 69.0 Å². The molecule has 0 N–H and O–H groups in total. The summed E-state index contributed by atoms with van der Waals surface area (Å²) in [6.45, 7) is 8.37. The van der Waals surface area contributed by atoms with E-state index in [9.17, 15) is 0 Å². The molecule has 0 amide bonds. The lowest BCUT2D eigenvalue weighted by atomic mass is 9.93. The third-order valence-corrected chi connectivity index (χ3v) is 15.9. The van der Waals surface area contributed by atoms with Gasteiger partial charge in [-0.3, -0.25) is 0 Å². The fraction of sp³-hybridized carbons (Fsp3) is 0.171. The van der Waals surface area contributed by atoms with E-state index < -0.39 is 20.6 Å². The fourth-order valence-corrected chi connectivity index (χ4v) is 11.2. The topological polar surface area (TPSA) is 15.5 Å². The van der Waals surface area contributed by atoms with Crippen molar-refractivity contribution in [2.24, 2.45) is 28.2 Å². The zero-order valence-corrected chi connectivity index (χ0v) is 51.5. The Morgan fingerprint density at radius 3 is 1.00 bits per heavy atom. The standard InChI is InChI=1S/2C21H22N.2C20H20N/c1-15-13-21(22(4)14-17(15)3)20-11-10-19(12-16(20)2)18-8-6-5-7-9-18;1-15-10-11-21(22(4)14-15)20-13-16(2)19(12-17(20)3)18-8-6-5-7-9-18;1-15-14-19(20-11-7-8-12-21(20)3)16(2)13-18(15)17-9-5-4-6-10-17;1-15-9-12-20(21(3)14-15)19-11-10-18(13-16(19)2)17-7-5-4-6-8-17/h2*5-14H,1-4H3;2*4-14H,1-3H3/q4*+1/i3D3;1D3;;1D3. The summed E-state index contributed by atoms with van der Waals surface area (Å²) in [6.07, 6.45) is 7.20. The minimum Gasteiger partial charge on any atom is -0.201 e. The highest BCUT2D eigenvalue weighted by Crippen LogP contribution is 2.33. The molecule has 12 rings (SSSR count). The number of pyridine rings is 4. The molecule has 12 aromatic rings. The number of aryl methyl sites for hydroxylation is 14. The molecule has 0 saturated heterocycles. The minimum absolute atomic E-state index is 0.354. The second-order valence-electron chi connectivity index (χ2n) is 22.4. The molecule has 4 heteroatoms. The molecule has 0 saturated carbocycles. The zero-order valence-electron chi connectivity index (χ0n) is 60.5. The Labute approximate surface area is 526 Å². The first-order valence-corrected chi connectivity index (χ1v) is 29.2. The van der Waals surface area contributed by atoms with E-state index in [1.165, 1.54) is 78.0 Å².